The fourth-order valence-corrected chi connectivity index (χ4v) is 3.37. The van der Waals surface area contributed by atoms with E-state index < -0.39 is 0 Å². The van der Waals surface area contributed by atoms with Gasteiger partial charge in [-0.3, -0.25) is 4.99 Å². The highest BCUT2D eigenvalue weighted by atomic mass is 15.4. The third-order valence-corrected chi connectivity index (χ3v) is 4.68. The number of aliphatic imine (C=N–C) groups is 1. The van der Waals surface area contributed by atoms with E-state index in [1.165, 1.54) is 48.2 Å². The van der Waals surface area contributed by atoms with Crippen molar-refractivity contribution in [2.75, 3.05) is 24.7 Å². The second kappa shape index (κ2) is 6.11. The number of hydrogen-bond donors (Lipinski definition) is 1. The number of aromatic nitrogens is 1. The first kappa shape index (κ1) is 14.4. The van der Waals surface area contributed by atoms with Gasteiger partial charge in [0.2, 0.25) is 0 Å². The van der Waals surface area contributed by atoms with Gasteiger partial charge in [0.1, 0.15) is 12.5 Å². The topological polar surface area (TPSA) is 34.6 Å². The van der Waals surface area contributed by atoms with Gasteiger partial charge in [-0.05, 0) is 49.5 Å². The van der Waals surface area contributed by atoms with Crippen LogP contribution in [0.2, 0.25) is 0 Å². The smallest absolute Gasteiger partial charge is 0.116 e. The Bertz CT molecular complexity index is 739. The number of aromatic amines is 1. The summed E-state index contributed by atoms with van der Waals surface area (Å²) in [6.07, 6.45) is 10.1. The number of hydrogen-bond acceptors (Lipinski definition) is 3. The highest BCUT2D eigenvalue weighted by molar-refractivity contribution is 5.93. The van der Waals surface area contributed by atoms with Gasteiger partial charge < -0.3 is 14.8 Å². The van der Waals surface area contributed by atoms with Crippen molar-refractivity contribution in [3.8, 4) is 0 Å². The summed E-state index contributed by atoms with van der Waals surface area (Å²) in [5.74, 6) is 2.17. The van der Waals surface area contributed by atoms with Gasteiger partial charge in [0.15, 0.2) is 0 Å². The molecule has 2 heterocycles. The highest BCUT2D eigenvalue weighted by Gasteiger charge is 2.28. The molecule has 1 N–H and O–H groups in total. The quantitative estimate of drug-likeness (QED) is 0.876. The van der Waals surface area contributed by atoms with Crippen molar-refractivity contribution >= 4 is 22.8 Å². The van der Waals surface area contributed by atoms with E-state index in [4.69, 9.17) is 0 Å². The van der Waals surface area contributed by atoms with Gasteiger partial charge in [-0.1, -0.05) is 13.0 Å². The van der Waals surface area contributed by atoms with Gasteiger partial charge in [0.25, 0.3) is 0 Å². The van der Waals surface area contributed by atoms with Crippen LogP contribution in [0.5, 0.6) is 0 Å². The molecular formula is C19H24N4. The lowest BCUT2D eigenvalue weighted by Crippen LogP contribution is -2.39. The lowest BCUT2D eigenvalue weighted by molar-refractivity contribution is 0.320. The average Bonchev–Trinajstić information content (AvgIpc) is 3.27. The van der Waals surface area contributed by atoms with Crippen LogP contribution in [0.3, 0.4) is 0 Å². The first-order valence-electron chi connectivity index (χ1n) is 8.65. The SMILES string of the molecule is CCCN(CC1CC1)C1=CC=NCN1c1cccc2[nH]ccc12. The van der Waals surface area contributed by atoms with Gasteiger partial charge >= 0.3 is 0 Å². The molecule has 120 valence electrons. The molecule has 1 aromatic heterocycles. The van der Waals surface area contributed by atoms with Crippen LogP contribution in [0.25, 0.3) is 10.9 Å². The minimum absolute atomic E-state index is 0.695. The zero-order valence-electron chi connectivity index (χ0n) is 13.7. The van der Waals surface area contributed by atoms with Crippen LogP contribution in [0.4, 0.5) is 5.69 Å². The maximum absolute atomic E-state index is 4.50. The van der Waals surface area contributed by atoms with Crippen LogP contribution >= 0.6 is 0 Å². The number of anilines is 1. The maximum atomic E-state index is 4.50. The first-order chi connectivity index (χ1) is 11.4. The van der Waals surface area contributed by atoms with E-state index in [0.717, 1.165) is 12.5 Å². The molecule has 23 heavy (non-hydrogen) atoms. The molecule has 0 spiro atoms. The molecule has 0 amide bonds. The van der Waals surface area contributed by atoms with E-state index >= 15 is 0 Å². The number of H-pyrrole nitrogens is 1. The maximum Gasteiger partial charge on any atom is 0.116 e. The normalized spacial score (nSPS) is 17.6. The Hall–Kier alpha value is -2.23. The molecule has 4 heteroatoms. The number of benzene rings is 1. The van der Waals surface area contributed by atoms with Crippen molar-refractivity contribution in [3.05, 3.63) is 42.4 Å². The molecule has 4 rings (SSSR count). The largest absolute Gasteiger partial charge is 0.361 e. The molecule has 1 aromatic carbocycles. The minimum atomic E-state index is 0.695. The summed E-state index contributed by atoms with van der Waals surface area (Å²) in [7, 11) is 0. The van der Waals surface area contributed by atoms with Crippen molar-refractivity contribution in [1.82, 2.24) is 9.88 Å². The number of allylic oxidation sites excluding steroid dienone is 1. The zero-order valence-corrected chi connectivity index (χ0v) is 13.7. The van der Waals surface area contributed by atoms with Gasteiger partial charge in [-0.25, -0.2) is 0 Å². The molecule has 1 saturated carbocycles. The molecule has 2 aliphatic rings. The summed E-state index contributed by atoms with van der Waals surface area (Å²) < 4.78 is 0. The molecule has 1 fully saturated rings. The molecular weight excluding hydrogens is 284 g/mol. The van der Waals surface area contributed by atoms with Crippen molar-refractivity contribution in [2.24, 2.45) is 10.9 Å². The van der Waals surface area contributed by atoms with Crippen LogP contribution in [0, 0.1) is 5.92 Å². The Morgan fingerprint density at radius 1 is 1.30 bits per heavy atom. The third kappa shape index (κ3) is 2.85. The van der Waals surface area contributed by atoms with Gasteiger partial charge in [0.05, 0.1) is 5.69 Å². The summed E-state index contributed by atoms with van der Waals surface area (Å²) in [6, 6.07) is 8.61. The Morgan fingerprint density at radius 2 is 2.22 bits per heavy atom. The Kier molecular flexibility index (Phi) is 3.82. The Labute approximate surface area is 137 Å². The van der Waals surface area contributed by atoms with E-state index in [0.29, 0.717) is 6.67 Å². The van der Waals surface area contributed by atoms with Gasteiger partial charge in [0, 0.05) is 36.4 Å². The Morgan fingerprint density at radius 3 is 3.04 bits per heavy atom. The summed E-state index contributed by atoms with van der Waals surface area (Å²) in [4.78, 5) is 12.7. The van der Waals surface area contributed by atoms with Crippen LogP contribution in [0.15, 0.2) is 47.4 Å². The monoisotopic (exact) mass is 308 g/mol. The van der Waals surface area contributed by atoms with E-state index in [-0.39, 0.29) is 0 Å². The fourth-order valence-electron chi connectivity index (χ4n) is 3.37. The van der Waals surface area contributed by atoms with Crippen LogP contribution in [-0.4, -0.2) is 35.9 Å². The Balaban J connectivity index is 1.69. The standard InChI is InChI=1S/C19H24N4/c1-2-12-22(13-15-6-7-15)19-9-10-20-14-23(19)18-5-3-4-17-16(18)8-11-21-17/h3-5,8-11,15,21H,2,6-7,12-14H2,1H3. The van der Waals surface area contributed by atoms with Crippen LogP contribution in [0.1, 0.15) is 26.2 Å². The third-order valence-electron chi connectivity index (χ3n) is 4.68. The molecule has 4 nitrogen and oxygen atoms in total. The fraction of sp³-hybridized carbons (Fsp3) is 0.421. The van der Waals surface area contributed by atoms with Gasteiger partial charge in [-0.15, -0.1) is 0 Å². The number of rotatable bonds is 6. The second-order valence-electron chi connectivity index (χ2n) is 6.53. The molecule has 0 radical (unpaired) electrons. The lowest BCUT2D eigenvalue weighted by atomic mass is 10.2. The lowest BCUT2D eigenvalue weighted by Gasteiger charge is -2.36. The number of nitrogens with zero attached hydrogens (tertiary/aromatic N) is 3. The molecule has 0 atom stereocenters. The van der Waals surface area contributed by atoms with E-state index in [1.807, 2.05) is 12.4 Å². The van der Waals surface area contributed by atoms with E-state index in [1.54, 1.807) is 0 Å². The van der Waals surface area contributed by atoms with E-state index in [2.05, 4.69) is 57.0 Å². The van der Waals surface area contributed by atoms with E-state index in [9.17, 15) is 0 Å². The minimum Gasteiger partial charge on any atom is -0.361 e. The highest BCUT2D eigenvalue weighted by Crippen LogP contribution is 2.34. The molecule has 0 unspecified atom stereocenters. The van der Waals surface area contributed by atoms with Crippen molar-refractivity contribution < 1.29 is 0 Å². The van der Waals surface area contributed by atoms with Crippen molar-refractivity contribution in [2.45, 2.75) is 26.2 Å². The summed E-state index contributed by atoms with van der Waals surface area (Å²) in [5, 5.41) is 1.26. The molecule has 0 saturated heterocycles. The van der Waals surface area contributed by atoms with Gasteiger partial charge in [-0.2, -0.15) is 0 Å². The van der Waals surface area contributed by atoms with Crippen LogP contribution in [-0.2, 0) is 0 Å². The number of nitrogens with one attached hydrogen (secondary N) is 1. The second-order valence-corrected chi connectivity index (χ2v) is 6.53. The number of fused-ring (bicyclic) bond motifs is 1. The molecule has 1 aliphatic heterocycles. The summed E-state index contributed by atoms with van der Waals surface area (Å²) in [6.45, 7) is 5.23. The molecule has 1 aliphatic carbocycles. The van der Waals surface area contributed by atoms with Crippen molar-refractivity contribution in [1.29, 1.82) is 0 Å². The average molecular weight is 308 g/mol. The zero-order chi connectivity index (χ0) is 15.6. The summed E-state index contributed by atoms with van der Waals surface area (Å²) >= 11 is 0. The molecule has 0 bridgehead atoms. The summed E-state index contributed by atoms with van der Waals surface area (Å²) in [5.41, 5.74) is 2.42. The van der Waals surface area contributed by atoms with Crippen molar-refractivity contribution in [3.63, 3.8) is 0 Å². The predicted molar refractivity (Wildman–Crippen MR) is 96.8 cm³/mol. The van der Waals surface area contributed by atoms with Crippen LogP contribution < -0.4 is 4.90 Å². The molecule has 2 aromatic rings. The first-order valence-corrected chi connectivity index (χ1v) is 8.65. The predicted octanol–water partition coefficient (Wildman–Crippen LogP) is 3.98.